The molecular weight excluding hydrogens is 388 g/mol. The average Bonchev–Trinajstić information content (AvgIpc) is 2.97. The first kappa shape index (κ1) is 23.9. The summed E-state index contributed by atoms with van der Waals surface area (Å²) in [4.78, 5) is 10.6. The van der Waals surface area contributed by atoms with E-state index in [0.717, 1.165) is 49.7 Å². The van der Waals surface area contributed by atoms with Crippen LogP contribution in [-0.2, 0) is 4.79 Å². The average molecular weight is 423 g/mol. The first-order chi connectivity index (χ1) is 13.9. The fraction of sp³-hybridized carbons (Fsp3) is 0.625. The SMILES string of the molecule is CCCCC[C@@H](O)c1ccc(C2[C@H](O)C[C@@H](Cl)[C@@H]2CC=CCCCC(=O)O)cc1. The van der Waals surface area contributed by atoms with Crippen LogP contribution in [0.15, 0.2) is 36.4 Å². The predicted octanol–water partition coefficient (Wildman–Crippen LogP) is 5.57. The molecule has 0 bridgehead atoms. The third-order valence-electron chi connectivity index (χ3n) is 5.93. The number of carboxylic acids is 1. The molecule has 1 aliphatic rings. The summed E-state index contributed by atoms with van der Waals surface area (Å²) >= 11 is 6.54. The molecule has 4 nitrogen and oxygen atoms in total. The molecule has 2 rings (SSSR count). The molecule has 0 saturated heterocycles. The van der Waals surface area contributed by atoms with Crippen molar-refractivity contribution in [3.63, 3.8) is 0 Å². The molecule has 29 heavy (non-hydrogen) atoms. The van der Waals surface area contributed by atoms with Gasteiger partial charge in [0.2, 0.25) is 0 Å². The van der Waals surface area contributed by atoms with Crippen LogP contribution in [0.5, 0.6) is 0 Å². The fourth-order valence-corrected chi connectivity index (χ4v) is 4.71. The van der Waals surface area contributed by atoms with Crippen molar-refractivity contribution in [3.05, 3.63) is 47.5 Å². The number of aliphatic hydroxyl groups is 2. The highest BCUT2D eigenvalue weighted by Gasteiger charge is 2.41. The summed E-state index contributed by atoms with van der Waals surface area (Å²) in [5, 5.41) is 29.5. The van der Waals surface area contributed by atoms with E-state index < -0.39 is 18.2 Å². The highest BCUT2D eigenvalue weighted by atomic mass is 35.5. The molecule has 1 aliphatic carbocycles. The van der Waals surface area contributed by atoms with Crippen LogP contribution in [0.25, 0.3) is 0 Å². The molecule has 0 radical (unpaired) electrons. The van der Waals surface area contributed by atoms with Crippen LogP contribution < -0.4 is 0 Å². The van der Waals surface area contributed by atoms with Gasteiger partial charge in [0, 0.05) is 17.7 Å². The number of unbranched alkanes of at least 4 members (excludes halogenated alkanes) is 3. The molecule has 0 aromatic heterocycles. The topological polar surface area (TPSA) is 77.8 Å². The van der Waals surface area contributed by atoms with E-state index in [1.54, 1.807) is 0 Å². The molecule has 0 heterocycles. The zero-order chi connectivity index (χ0) is 21.2. The van der Waals surface area contributed by atoms with E-state index in [1.807, 2.05) is 30.3 Å². The predicted molar refractivity (Wildman–Crippen MR) is 117 cm³/mol. The Morgan fingerprint density at radius 1 is 1.21 bits per heavy atom. The maximum atomic E-state index is 10.6. The molecular formula is C24H35ClO4. The molecule has 1 fully saturated rings. The van der Waals surface area contributed by atoms with E-state index in [9.17, 15) is 15.0 Å². The summed E-state index contributed by atoms with van der Waals surface area (Å²) in [5.41, 5.74) is 1.99. The largest absolute Gasteiger partial charge is 0.481 e. The van der Waals surface area contributed by atoms with Crippen LogP contribution in [0.2, 0.25) is 0 Å². The first-order valence-electron chi connectivity index (χ1n) is 10.9. The zero-order valence-corrected chi connectivity index (χ0v) is 18.1. The van der Waals surface area contributed by atoms with E-state index in [1.165, 1.54) is 0 Å². The van der Waals surface area contributed by atoms with Crippen molar-refractivity contribution in [2.24, 2.45) is 5.92 Å². The lowest BCUT2D eigenvalue weighted by atomic mass is 9.84. The molecule has 0 aliphatic heterocycles. The minimum absolute atomic E-state index is 0.0209. The van der Waals surface area contributed by atoms with Gasteiger partial charge in [-0.15, -0.1) is 11.6 Å². The lowest BCUT2D eigenvalue weighted by Crippen LogP contribution is -2.18. The van der Waals surface area contributed by atoms with Crippen molar-refractivity contribution in [2.45, 2.75) is 88.2 Å². The van der Waals surface area contributed by atoms with Crippen molar-refractivity contribution in [3.8, 4) is 0 Å². The number of allylic oxidation sites excluding steroid dienone is 2. The van der Waals surface area contributed by atoms with Gasteiger partial charge in [-0.1, -0.05) is 62.6 Å². The standard InChI is InChI=1S/C24H35ClO4/c1-2-3-6-10-21(26)17-12-14-18(15-13-17)24-19(20(25)16-22(24)27)9-7-4-5-8-11-23(28)29/h4,7,12-15,19-22,24,26-27H,2-3,5-6,8-11,16H2,1H3,(H,28,29)/t19-,20+,21+,22+,24?/m0/s1. The van der Waals surface area contributed by atoms with Crippen molar-refractivity contribution in [2.75, 3.05) is 0 Å². The molecule has 1 aromatic carbocycles. The summed E-state index contributed by atoms with van der Waals surface area (Å²) < 4.78 is 0. The summed E-state index contributed by atoms with van der Waals surface area (Å²) in [6.45, 7) is 2.15. The molecule has 162 valence electrons. The third kappa shape index (κ3) is 7.44. The van der Waals surface area contributed by atoms with E-state index in [-0.39, 0.29) is 23.6 Å². The number of halogens is 1. The lowest BCUT2D eigenvalue weighted by molar-refractivity contribution is -0.137. The third-order valence-corrected chi connectivity index (χ3v) is 6.43. The molecule has 5 atom stereocenters. The van der Waals surface area contributed by atoms with Gasteiger partial charge in [0.15, 0.2) is 0 Å². The van der Waals surface area contributed by atoms with Crippen molar-refractivity contribution >= 4 is 17.6 Å². The quantitative estimate of drug-likeness (QED) is 0.233. The van der Waals surface area contributed by atoms with Gasteiger partial charge in [-0.2, -0.15) is 0 Å². The molecule has 1 saturated carbocycles. The first-order valence-corrected chi connectivity index (χ1v) is 11.3. The Morgan fingerprint density at radius 2 is 1.93 bits per heavy atom. The molecule has 5 heteroatoms. The van der Waals surface area contributed by atoms with E-state index in [0.29, 0.717) is 12.8 Å². The normalized spacial score (nSPS) is 25.5. The second-order valence-electron chi connectivity index (χ2n) is 8.18. The Labute approximate surface area is 179 Å². The minimum Gasteiger partial charge on any atom is -0.481 e. The van der Waals surface area contributed by atoms with Crippen LogP contribution in [-0.4, -0.2) is 32.8 Å². The zero-order valence-electron chi connectivity index (χ0n) is 17.3. The second-order valence-corrected chi connectivity index (χ2v) is 8.74. The molecule has 3 N–H and O–H groups in total. The van der Waals surface area contributed by atoms with Gasteiger partial charge in [0.25, 0.3) is 0 Å². The summed E-state index contributed by atoms with van der Waals surface area (Å²) in [7, 11) is 0. The molecule has 1 unspecified atom stereocenters. The Kier molecular flexibility index (Phi) is 10.2. The van der Waals surface area contributed by atoms with Gasteiger partial charge in [-0.25, -0.2) is 0 Å². The molecule has 1 aromatic rings. The monoisotopic (exact) mass is 422 g/mol. The van der Waals surface area contributed by atoms with Gasteiger partial charge in [0.1, 0.15) is 0 Å². The van der Waals surface area contributed by atoms with Gasteiger partial charge < -0.3 is 15.3 Å². The van der Waals surface area contributed by atoms with Gasteiger partial charge in [-0.05, 0) is 49.1 Å². The number of carboxylic acid groups (broad SMARTS) is 1. The van der Waals surface area contributed by atoms with Gasteiger partial charge in [-0.3, -0.25) is 4.79 Å². The Morgan fingerprint density at radius 3 is 2.59 bits per heavy atom. The van der Waals surface area contributed by atoms with Crippen molar-refractivity contribution < 1.29 is 20.1 Å². The summed E-state index contributed by atoms with van der Waals surface area (Å²) in [5.74, 6) is -0.646. The van der Waals surface area contributed by atoms with Crippen LogP contribution in [0.4, 0.5) is 0 Å². The van der Waals surface area contributed by atoms with Gasteiger partial charge in [0.05, 0.1) is 12.2 Å². The fourth-order valence-electron chi connectivity index (χ4n) is 4.26. The number of rotatable bonds is 12. The number of carbonyl (C=O) groups is 1. The number of hydrogen-bond acceptors (Lipinski definition) is 3. The van der Waals surface area contributed by atoms with Gasteiger partial charge >= 0.3 is 5.97 Å². The van der Waals surface area contributed by atoms with Crippen LogP contribution >= 0.6 is 11.6 Å². The summed E-state index contributed by atoms with van der Waals surface area (Å²) in [6.07, 6.45) is 10.2. The van der Waals surface area contributed by atoms with E-state index in [4.69, 9.17) is 16.7 Å². The highest BCUT2D eigenvalue weighted by Crippen LogP contribution is 2.45. The second kappa shape index (κ2) is 12.4. The maximum absolute atomic E-state index is 10.6. The molecule has 0 spiro atoms. The number of aliphatic hydroxyl groups excluding tert-OH is 2. The van der Waals surface area contributed by atoms with Crippen LogP contribution in [0.3, 0.4) is 0 Å². The van der Waals surface area contributed by atoms with Crippen LogP contribution in [0, 0.1) is 5.92 Å². The Balaban J connectivity index is 1.96. The number of alkyl halides is 1. The number of benzene rings is 1. The van der Waals surface area contributed by atoms with Crippen LogP contribution in [0.1, 0.15) is 87.9 Å². The Hall–Kier alpha value is -1.36. The Bertz CT molecular complexity index is 643. The highest BCUT2D eigenvalue weighted by molar-refractivity contribution is 6.21. The number of aliphatic carboxylic acids is 1. The maximum Gasteiger partial charge on any atom is 0.303 e. The van der Waals surface area contributed by atoms with Crippen molar-refractivity contribution in [1.29, 1.82) is 0 Å². The van der Waals surface area contributed by atoms with Crippen molar-refractivity contribution in [1.82, 2.24) is 0 Å². The summed E-state index contributed by atoms with van der Waals surface area (Å²) in [6, 6.07) is 7.98. The number of hydrogen-bond donors (Lipinski definition) is 3. The smallest absolute Gasteiger partial charge is 0.303 e. The lowest BCUT2D eigenvalue weighted by Gasteiger charge is -2.23. The van der Waals surface area contributed by atoms with E-state index >= 15 is 0 Å². The molecule has 0 amide bonds. The minimum atomic E-state index is -0.767. The van der Waals surface area contributed by atoms with E-state index in [2.05, 4.69) is 13.0 Å².